The van der Waals surface area contributed by atoms with Gasteiger partial charge in [-0.25, -0.2) is 4.79 Å². The zero-order valence-electron chi connectivity index (χ0n) is 16.3. The van der Waals surface area contributed by atoms with E-state index < -0.39 is 0 Å². The molecule has 0 aromatic heterocycles. The number of carbonyl (C=O) groups is 1. The average molecular weight is 364 g/mol. The van der Waals surface area contributed by atoms with Crippen LogP contribution in [0.15, 0.2) is 52.8 Å². The summed E-state index contributed by atoms with van der Waals surface area (Å²) in [5, 5.41) is 3.60. The van der Waals surface area contributed by atoms with E-state index in [-0.39, 0.29) is 17.4 Å². The number of carbonyl (C=O) groups excluding carboxylic acids is 1. The Bertz CT molecular complexity index is 819. The van der Waals surface area contributed by atoms with Crippen LogP contribution in [0.4, 0.5) is 0 Å². The number of ether oxygens (including phenoxy) is 1. The minimum atomic E-state index is -0.225. The van der Waals surface area contributed by atoms with Gasteiger partial charge in [0.2, 0.25) is 0 Å². The fourth-order valence-corrected chi connectivity index (χ4v) is 5.46. The highest BCUT2D eigenvalue weighted by Crippen LogP contribution is 2.49. The van der Waals surface area contributed by atoms with Gasteiger partial charge in [0.05, 0.1) is 6.61 Å². The summed E-state index contributed by atoms with van der Waals surface area (Å²) in [7, 11) is 0. The van der Waals surface area contributed by atoms with Gasteiger partial charge in [-0.05, 0) is 81.3 Å². The van der Waals surface area contributed by atoms with Gasteiger partial charge >= 0.3 is 5.97 Å². The fraction of sp³-hybridized carbons (Fsp3) is 0.565. The van der Waals surface area contributed by atoms with Crippen LogP contribution in [0.25, 0.3) is 0 Å². The Labute approximate surface area is 161 Å². The van der Waals surface area contributed by atoms with Crippen molar-refractivity contribution >= 4 is 5.97 Å². The molecule has 1 aliphatic carbocycles. The molecule has 0 radical (unpaired) electrons. The molecule has 4 unspecified atom stereocenters. The summed E-state index contributed by atoms with van der Waals surface area (Å²) in [5.41, 5.74) is 10.9. The van der Waals surface area contributed by atoms with Crippen LogP contribution in [-0.2, 0) is 9.53 Å². The van der Waals surface area contributed by atoms with Gasteiger partial charge in [-0.15, -0.1) is 0 Å². The number of nitrogens with zero attached hydrogens (tertiary/aromatic N) is 1. The fourth-order valence-electron chi connectivity index (χ4n) is 5.46. The minimum absolute atomic E-state index is 0.0356. The number of allylic oxidation sites excluding steroid dienone is 3. The van der Waals surface area contributed by atoms with E-state index in [2.05, 4.69) is 46.5 Å². The lowest BCUT2D eigenvalue weighted by Gasteiger charge is -2.59. The lowest BCUT2D eigenvalue weighted by Crippen LogP contribution is -2.68. The first-order valence-corrected chi connectivity index (χ1v) is 10.2. The highest BCUT2D eigenvalue weighted by atomic mass is 16.5. The molecule has 3 aliphatic heterocycles. The molecule has 3 heterocycles. The Morgan fingerprint density at radius 3 is 3.07 bits per heavy atom. The van der Waals surface area contributed by atoms with Crippen LogP contribution in [0.2, 0.25) is 0 Å². The first kappa shape index (κ1) is 18.2. The third-order valence-corrected chi connectivity index (χ3v) is 6.65. The summed E-state index contributed by atoms with van der Waals surface area (Å²) < 4.78 is 5.34. The van der Waals surface area contributed by atoms with E-state index in [1.54, 1.807) is 0 Å². The lowest BCUT2D eigenvalue weighted by molar-refractivity contribution is -0.140. The van der Waals surface area contributed by atoms with E-state index in [1.165, 1.54) is 12.0 Å². The van der Waals surface area contributed by atoms with Gasteiger partial charge in [0, 0.05) is 23.4 Å². The lowest BCUT2D eigenvalue weighted by atomic mass is 9.61. The quantitative estimate of drug-likeness (QED) is 0.614. The first-order chi connectivity index (χ1) is 13.2. The van der Waals surface area contributed by atoms with Crippen molar-refractivity contribution in [3.8, 4) is 0 Å². The molecule has 0 spiro atoms. The third-order valence-electron chi connectivity index (χ3n) is 6.65. The molecule has 27 heavy (non-hydrogen) atoms. The van der Waals surface area contributed by atoms with E-state index in [1.807, 2.05) is 19.1 Å². The number of esters is 1. The maximum atomic E-state index is 12.6. The van der Waals surface area contributed by atoms with Crippen molar-refractivity contribution in [1.29, 1.82) is 0 Å². The van der Waals surface area contributed by atoms with Gasteiger partial charge in [-0.3, -0.25) is 4.90 Å². The molecule has 4 aliphatic rings. The van der Waals surface area contributed by atoms with Crippen LogP contribution in [0.5, 0.6) is 0 Å². The van der Waals surface area contributed by atoms with Crippen LogP contribution < -0.4 is 5.32 Å². The molecule has 0 aromatic carbocycles. The van der Waals surface area contributed by atoms with Crippen LogP contribution >= 0.6 is 0 Å². The van der Waals surface area contributed by atoms with E-state index >= 15 is 0 Å². The molecular weight excluding hydrogens is 336 g/mol. The molecule has 4 heteroatoms. The summed E-state index contributed by atoms with van der Waals surface area (Å²) in [6.07, 6.45) is 12.7. The zero-order chi connectivity index (χ0) is 18.9. The second-order valence-electron chi connectivity index (χ2n) is 7.91. The van der Waals surface area contributed by atoms with E-state index in [9.17, 15) is 4.79 Å². The molecular formula is C23H28N2O2. The van der Waals surface area contributed by atoms with Gasteiger partial charge < -0.3 is 10.1 Å². The maximum absolute atomic E-state index is 12.6. The molecule has 2 saturated heterocycles. The number of piperidine rings is 2. The highest BCUT2D eigenvalue weighted by molar-refractivity contribution is 5.88. The molecule has 2 fully saturated rings. The van der Waals surface area contributed by atoms with Crippen molar-refractivity contribution in [2.24, 2.45) is 11.3 Å². The molecule has 1 N–H and O–H groups in total. The standard InChI is InChI=1S/C23H28N2O2/c1-3-23-13-9-14-25-15-12-18(17-10-7-5-6-8-11-17)20(21(23)25)24-19(16-23)22(26)27-4-2/h7,10-11,16,18,20-21,24H,3-4,9,12-15H2,1-2H3. The van der Waals surface area contributed by atoms with E-state index in [4.69, 9.17) is 4.74 Å². The largest absolute Gasteiger partial charge is 0.461 e. The van der Waals surface area contributed by atoms with Crippen molar-refractivity contribution < 1.29 is 9.53 Å². The van der Waals surface area contributed by atoms with Gasteiger partial charge in [-0.1, -0.05) is 18.4 Å². The summed E-state index contributed by atoms with van der Waals surface area (Å²) in [6.45, 7) is 6.77. The number of hydrogen-bond donors (Lipinski definition) is 1. The zero-order valence-corrected chi connectivity index (χ0v) is 16.3. The van der Waals surface area contributed by atoms with Gasteiger partial charge in [0.15, 0.2) is 0 Å². The second-order valence-corrected chi connectivity index (χ2v) is 7.91. The van der Waals surface area contributed by atoms with Gasteiger partial charge in [0.25, 0.3) is 0 Å². The topological polar surface area (TPSA) is 41.6 Å². The normalized spacial score (nSPS) is 34.2. The predicted octanol–water partition coefficient (Wildman–Crippen LogP) is 3.25. The highest BCUT2D eigenvalue weighted by Gasteiger charge is 2.53. The average Bonchev–Trinajstić information content (AvgIpc) is 2.98. The minimum Gasteiger partial charge on any atom is -0.461 e. The molecule has 4 rings (SSSR count). The smallest absolute Gasteiger partial charge is 0.354 e. The predicted molar refractivity (Wildman–Crippen MR) is 105 cm³/mol. The molecule has 0 saturated carbocycles. The molecule has 4 atom stereocenters. The Balaban J connectivity index is 1.75. The number of hydrogen-bond acceptors (Lipinski definition) is 4. The molecule has 142 valence electrons. The number of nitrogens with one attached hydrogen (secondary N) is 1. The van der Waals surface area contributed by atoms with Crippen LogP contribution in [0.3, 0.4) is 0 Å². The molecule has 0 aromatic rings. The Morgan fingerprint density at radius 1 is 1.37 bits per heavy atom. The Morgan fingerprint density at radius 2 is 2.26 bits per heavy atom. The van der Waals surface area contributed by atoms with E-state index in [0.717, 1.165) is 32.4 Å². The summed E-state index contributed by atoms with van der Waals surface area (Å²) in [5.74, 6) is 0.107. The maximum Gasteiger partial charge on any atom is 0.354 e. The summed E-state index contributed by atoms with van der Waals surface area (Å²) in [6, 6.07) is 0.603. The molecule has 0 bridgehead atoms. The van der Waals surface area contributed by atoms with Crippen LogP contribution in [0.1, 0.15) is 39.5 Å². The van der Waals surface area contributed by atoms with Crippen LogP contribution in [0, 0.1) is 11.3 Å². The van der Waals surface area contributed by atoms with Crippen LogP contribution in [-0.4, -0.2) is 42.6 Å². The molecule has 4 nitrogen and oxygen atoms in total. The first-order valence-electron chi connectivity index (χ1n) is 10.2. The van der Waals surface area contributed by atoms with Crippen molar-refractivity contribution in [3.63, 3.8) is 0 Å². The van der Waals surface area contributed by atoms with Crippen molar-refractivity contribution in [2.75, 3.05) is 19.7 Å². The van der Waals surface area contributed by atoms with Crippen molar-refractivity contribution in [3.05, 3.63) is 52.8 Å². The Hall–Kier alpha value is -2.21. The van der Waals surface area contributed by atoms with Gasteiger partial charge in [0.1, 0.15) is 5.70 Å². The molecule has 0 amide bonds. The van der Waals surface area contributed by atoms with Gasteiger partial charge in [-0.2, -0.15) is 0 Å². The van der Waals surface area contributed by atoms with E-state index in [0.29, 0.717) is 24.3 Å². The summed E-state index contributed by atoms with van der Waals surface area (Å²) in [4.78, 5) is 15.2. The van der Waals surface area contributed by atoms with Crippen molar-refractivity contribution in [1.82, 2.24) is 10.2 Å². The Kier molecular flexibility index (Phi) is 5.00. The van der Waals surface area contributed by atoms with Crippen molar-refractivity contribution in [2.45, 2.75) is 51.6 Å². The second kappa shape index (κ2) is 7.43. The monoisotopic (exact) mass is 364 g/mol. The summed E-state index contributed by atoms with van der Waals surface area (Å²) >= 11 is 0. The third kappa shape index (κ3) is 3.16. The number of rotatable bonds is 4. The SMILES string of the molecule is CCOC(=O)C1=CC2(CC)CCCN3CCC(C4=CC=C=C=C=C4)C(N1)C32.